The Bertz CT molecular complexity index is 1110. The molecule has 0 bridgehead atoms. The van der Waals surface area contributed by atoms with Crippen LogP contribution in [0.3, 0.4) is 0 Å². The number of nitrogens with zero attached hydrogens (tertiary/aromatic N) is 3. The normalized spacial score (nSPS) is 10.8. The molecule has 0 saturated heterocycles. The monoisotopic (exact) mass is 374 g/mol. The van der Waals surface area contributed by atoms with E-state index < -0.39 is 0 Å². The third-order valence-corrected chi connectivity index (χ3v) is 4.43. The molecule has 4 aromatic rings. The highest BCUT2D eigenvalue weighted by molar-refractivity contribution is 5.97. The van der Waals surface area contributed by atoms with Gasteiger partial charge in [-0.15, -0.1) is 0 Å². The summed E-state index contributed by atoms with van der Waals surface area (Å²) >= 11 is 0. The highest BCUT2D eigenvalue weighted by Gasteiger charge is 2.15. The van der Waals surface area contributed by atoms with Crippen LogP contribution in [-0.2, 0) is 0 Å². The van der Waals surface area contributed by atoms with Crippen LogP contribution in [0.4, 0.5) is 10.2 Å². The number of rotatable bonds is 5. The summed E-state index contributed by atoms with van der Waals surface area (Å²) < 4.78 is 18.9. The maximum absolute atomic E-state index is 13.3. The molecule has 2 heterocycles. The molecule has 0 radical (unpaired) electrons. The van der Waals surface area contributed by atoms with Crippen LogP contribution >= 0.6 is 0 Å². The molecule has 0 aliphatic rings. The van der Waals surface area contributed by atoms with E-state index in [0.717, 1.165) is 22.1 Å². The standard InChI is InChI=1S/C22H19FN4O/c1-3-25-22-18-11-16(14-6-8-17(23)9-7-14)12-19(28-2)20(18)26-21(27-22)15-5-4-10-24-13-15/h4-13H,3H2,1-2H3,(H,25,26,27). The summed E-state index contributed by atoms with van der Waals surface area (Å²) in [5, 5.41) is 4.15. The van der Waals surface area contributed by atoms with Crippen LogP contribution in [0.1, 0.15) is 6.92 Å². The van der Waals surface area contributed by atoms with Gasteiger partial charge in [-0.2, -0.15) is 0 Å². The van der Waals surface area contributed by atoms with Gasteiger partial charge in [0.1, 0.15) is 22.9 Å². The lowest BCUT2D eigenvalue weighted by Gasteiger charge is -2.14. The van der Waals surface area contributed by atoms with E-state index in [4.69, 9.17) is 14.7 Å². The van der Waals surface area contributed by atoms with Crippen molar-refractivity contribution in [2.45, 2.75) is 6.92 Å². The minimum atomic E-state index is -0.269. The summed E-state index contributed by atoms with van der Waals surface area (Å²) in [6.07, 6.45) is 3.45. The quantitative estimate of drug-likeness (QED) is 0.536. The van der Waals surface area contributed by atoms with Crippen molar-refractivity contribution < 1.29 is 9.13 Å². The van der Waals surface area contributed by atoms with E-state index in [0.29, 0.717) is 29.5 Å². The fourth-order valence-electron chi connectivity index (χ4n) is 3.09. The van der Waals surface area contributed by atoms with Crippen molar-refractivity contribution in [3.8, 4) is 28.3 Å². The molecule has 0 fully saturated rings. The Morgan fingerprint density at radius 3 is 2.50 bits per heavy atom. The van der Waals surface area contributed by atoms with Crippen molar-refractivity contribution in [3.05, 3.63) is 66.7 Å². The zero-order valence-electron chi connectivity index (χ0n) is 15.6. The second-order valence-corrected chi connectivity index (χ2v) is 6.25. The Kier molecular flexibility index (Phi) is 4.85. The number of benzene rings is 2. The van der Waals surface area contributed by atoms with E-state index in [1.54, 1.807) is 31.6 Å². The van der Waals surface area contributed by atoms with Crippen LogP contribution in [-0.4, -0.2) is 28.6 Å². The average Bonchev–Trinajstić information content (AvgIpc) is 2.74. The second-order valence-electron chi connectivity index (χ2n) is 6.25. The third kappa shape index (κ3) is 3.36. The first-order valence-electron chi connectivity index (χ1n) is 8.99. The molecular formula is C22H19FN4O. The number of nitrogens with one attached hydrogen (secondary N) is 1. The fraction of sp³-hybridized carbons (Fsp3) is 0.136. The fourth-order valence-corrected chi connectivity index (χ4v) is 3.09. The largest absolute Gasteiger partial charge is 0.494 e. The minimum absolute atomic E-state index is 0.269. The van der Waals surface area contributed by atoms with Crippen molar-refractivity contribution in [1.82, 2.24) is 15.0 Å². The van der Waals surface area contributed by atoms with Gasteiger partial charge >= 0.3 is 0 Å². The van der Waals surface area contributed by atoms with Crippen molar-refractivity contribution in [3.63, 3.8) is 0 Å². The van der Waals surface area contributed by atoms with E-state index in [1.807, 2.05) is 31.2 Å². The van der Waals surface area contributed by atoms with Crippen molar-refractivity contribution >= 4 is 16.7 Å². The maximum Gasteiger partial charge on any atom is 0.163 e. The summed E-state index contributed by atoms with van der Waals surface area (Å²) in [7, 11) is 1.61. The van der Waals surface area contributed by atoms with Crippen LogP contribution in [0.2, 0.25) is 0 Å². The molecule has 1 N–H and O–H groups in total. The highest BCUT2D eigenvalue weighted by atomic mass is 19.1. The van der Waals surface area contributed by atoms with E-state index in [2.05, 4.69) is 10.3 Å². The zero-order valence-corrected chi connectivity index (χ0v) is 15.6. The molecule has 0 atom stereocenters. The number of pyridine rings is 1. The molecule has 6 heteroatoms. The van der Waals surface area contributed by atoms with Gasteiger partial charge in [0.15, 0.2) is 5.82 Å². The average molecular weight is 374 g/mol. The molecule has 2 aromatic carbocycles. The molecule has 0 saturated carbocycles. The SMILES string of the molecule is CCNc1nc(-c2cccnc2)nc2c(OC)cc(-c3ccc(F)cc3)cc12. The summed E-state index contributed by atoms with van der Waals surface area (Å²) in [4.78, 5) is 13.6. The Morgan fingerprint density at radius 1 is 1.00 bits per heavy atom. The lowest BCUT2D eigenvalue weighted by molar-refractivity contribution is 0.419. The van der Waals surface area contributed by atoms with Gasteiger partial charge < -0.3 is 10.1 Å². The Hall–Kier alpha value is -3.54. The molecule has 28 heavy (non-hydrogen) atoms. The molecule has 0 unspecified atom stereocenters. The van der Waals surface area contributed by atoms with Crippen LogP contribution in [0.15, 0.2) is 60.9 Å². The summed E-state index contributed by atoms with van der Waals surface area (Å²) in [5.74, 6) is 1.65. The first-order valence-corrected chi connectivity index (χ1v) is 8.99. The highest BCUT2D eigenvalue weighted by Crippen LogP contribution is 2.35. The van der Waals surface area contributed by atoms with Crippen LogP contribution in [0.5, 0.6) is 5.75 Å². The number of hydrogen-bond donors (Lipinski definition) is 1. The number of ether oxygens (including phenoxy) is 1. The van der Waals surface area contributed by atoms with Gasteiger partial charge in [-0.3, -0.25) is 4.98 Å². The first kappa shape index (κ1) is 17.9. The lowest BCUT2D eigenvalue weighted by Crippen LogP contribution is -2.04. The summed E-state index contributed by atoms with van der Waals surface area (Å²) in [6, 6.07) is 14.1. The molecule has 0 spiro atoms. The third-order valence-electron chi connectivity index (χ3n) is 4.43. The molecule has 2 aromatic heterocycles. The molecule has 0 aliphatic carbocycles. The lowest BCUT2D eigenvalue weighted by atomic mass is 10.0. The van der Waals surface area contributed by atoms with E-state index in [-0.39, 0.29) is 5.82 Å². The molecule has 4 rings (SSSR count). The van der Waals surface area contributed by atoms with E-state index >= 15 is 0 Å². The molecule has 0 aliphatic heterocycles. The Morgan fingerprint density at radius 2 is 1.82 bits per heavy atom. The molecule has 0 amide bonds. The Balaban J connectivity index is 1.96. The van der Waals surface area contributed by atoms with Gasteiger partial charge in [0.05, 0.1) is 7.11 Å². The topological polar surface area (TPSA) is 59.9 Å². The van der Waals surface area contributed by atoms with Crippen LogP contribution < -0.4 is 10.1 Å². The van der Waals surface area contributed by atoms with Crippen molar-refractivity contribution in [2.24, 2.45) is 0 Å². The predicted octanol–water partition coefficient (Wildman–Crippen LogP) is 4.94. The summed E-state index contributed by atoms with van der Waals surface area (Å²) in [6.45, 7) is 2.72. The van der Waals surface area contributed by atoms with Gasteiger partial charge in [0, 0.05) is 29.9 Å². The molecule has 5 nitrogen and oxygen atoms in total. The first-order chi connectivity index (χ1) is 13.7. The number of halogens is 1. The summed E-state index contributed by atoms with van der Waals surface area (Å²) in [5.41, 5.74) is 3.33. The number of methoxy groups -OCH3 is 1. The predicted molar refractivity (Wildman–Crippen MR) is 109 cm³/mol. The van der Waals surface area contributed by atoms with Gasteiger partial charge in [-0.25, -0.2) is 14.4 Å². The molecular weight excluding hydrogens is 355 g/mol. The second kappa shape index (κ2) is 7.60. The van der Waals surface area contributed by atoms with Gasteiger partial charge in [-0.05, 0) is 54.4 Å². The van der Waals surface area contributed by atoms with Crippen LogP contribution in [0, 0.1) is 5.82 Å². The number of anilines is 1. The minimum Gasteiger partial charge on any atom is -0.494 e. The van der Waals surface area contributed by atoms with Crippen molar-refractivity contribution in [1.29, 1.82) is 0 Å². The van der Waals surface area contributed by atoms with E-state index in [9.17, 15) is 4.39 Å². The van der Waals surface area contributed by atoms with Crippen LogP contribution in [0.25, 0.3) is 33.4 Å². The van der Waals surface area contributed by atoms with E-state index in [1.165, 1.54) is 12.1 Å². The number of aromatic nitrogens is 3. The zero-order chi connectivity index (χ0) is 19.5. The maximum atomic E-state index is 13.3. The van der Waals surface area contributed by atoms with Crippen molar-refractivity contribution in [2.75, 3.05) is 19.0 Å². The number of hydrogen-bond acceptors (Lipinski definition) is 5. The van der Waals surface area contributed by atoms with Gasteiger partial charge in [-0.1, -0.05) is 12.1 Å². The van der Waals surface area contributed by atoms with Gasteiger partial charge in [0.2, 0.25) is 0 Å². The molecule has 140 valence electrons. The Labute approximate surface area is 162 Å². The smallest absolute Gasteiger partial charge is 0.163 e. The number of fused-ring (bicyclic) bond motifs is 1. The van der Waals surface area contributed by atoms with Gasteiger partial charge in [0.25, 0.3) is 0 Å².